The third-order valence-corrected chi connectivity index (χ3v) is 5.33. The first kappa shape index (κ1) is 20.1. The van der Waals surface area contributed by atoms with Crippen LogP contribution < -0.4 is 0 Å². The minimum atomic E-state index is 0.0535. The average Bonchev–Trinajstić information content (AvgIpc) is 2.94. The SMILES string of the molecule is CC(C)(C)c1ccc(C(=O)N2CCCN(C(=O)Cc3ccccc3)CC2)cc1. The van der Waals surface area contributed by atoms with E-state index < -0.39 is 0 Å². The van der Waals surface area contributed by atoms with E-state index in [4.69, 9.17) is 0 Å². The van der Waals surface area contributed by atoms with E-state index in [0.717, 1.165) is 17.5 Å². The van der Waals surface area contributed by atoms with Crippen LogP contribution in [0.4, 0.5) is 0 Å². The van der Waals surface area contributed by atoms with Gasteiger partial charge in [-0.15, -0.1) is 0 Å². The van der Waals surface area contributed by atoms with Crippen LogP contribution in [0.3, 0.4) is 0 Å². The summed E-state index contributed by atoms with van der Waals surface area (Å²) in [5.41, 5.74) is 3.04. The van der Waals surface area contributed by atoms with Gasteiger partial charge in [0.15, 0.2) is 0 Å². The Hall–Kier alpha value is -2.62. The lowest BCUT2D eigenvalue weighted by Gasteiger charge is -2.23. The van der Waals surface area contributed by atoms with E-state index in [1.807, 2.05) is 64.4 Å². The molecule has 1 heterocycles. The second kappa shape index (κ2) is 8.59. The molecule has 28 heavy (non-hydrogen) atoms. The number of rotatable bonds is 3. The molecule has 2 aromatic carbocycles. The summed E-state index contributed by atoms with van der Waals surface area (Å²) in [6.45, 7) is 9.07. The highest BCUT2D eigenvalue weighted by Crippen LogP contribution is 2.22. The molecular formula is C24H30N2O2. The Morgan fingerprint density at radius 3 is 2.07 bits per heavy atom. The first-order valence-electron chi connectivity index (χ1n) is 10.1. The predicted octanol–water partition coefficient (Wildman–Crippen LogP) is 3.90. The number of carbonyl (C=O) groups excluding carboxylic acids is 2. The fourth-order valence-corrected chi connectivity index (χ4v) is 3.55. The third-order valence-electron chi connectivity index (χ3n) is 5.33. The Morgan fingerprint density at radius 1 is 0.821 bits per heavy atom. The van der Waals surface area contributed by atoms with Crippen LogP contribution in [0, 0.1) is 0 Å². The van der Waals surface area contributed by atoms with Crippen molar-refractivity contribution >= 4 is 11.8 Å². The maximum atomic E-state index is 12.9. The normalized spacial score (nSPS) is 15.2. The van der Waals surface area contributed by atoms with E-state index in [9.17, 15) is 9.59 Å². The summed E-state index contributed by atoms with van der Waals surface area (Å²) in [5.74, 6) is 0.188. The first-order valence-corrected chi connectivity index (χ1v) is 10.1. The number of hydrogen-bond acceptors (Lipinski definition) is 2. The molecule has 0 unspecified atom stereocenters. The molecule has 0 N–H and O–H groups in total. The predicted molar refractivity (Wildman–Crippen MR) is 112 cm³/mol. The van der Waals surface area contributed by atoms with Crippen molar-refractivity contribution in [3.05, 3.63) is 71.3 Å². The zero-order valence-electron chi connectivity index (χ0n) is 17.1. The summed E-state index contributed by atoms with van der Waals surface area (Å²) in [7, 11) is 0. The molecule has 148 valence electrons. The molecule has 1 fully saturated rings. The molecule has 3 rings (SSSR count). The summed E-state index contributed by atoms with van der Waals surface area (Å²) >= 11 is 0. The van der Waals surface area contributed by atoms with Gasteiger partial charge in [0, 0.05) is 31.7 Å². The second-order valence-corrected chi connectivity index (χ2v) is 8.52. The minimum absolute atomic E-state index is 0.0535. The largest absolute Gasteiger partial charge is 0.341 e. The highest BCUT2D eigenvalue weighted by Gasteiger charge is 2.23. The fourth-order valence-electron chi connectivity index (χ4n) is 3.55. The van der Waals surface area contributed by atoms with Gasteiger partial charge < -0.3 is 9.80 Å². The molecule has 0 atom stereocenters. The summed E-state index contributed by atoms with van der Waals surface area (Å²) in [6, 6.07) is 17.8. The van der Waals surface area contributed by atoms with E-state index in [-0.39, 0.29) is 17.2 Å². The zero-order chi connectivity index (χ0) is 20.1. The Kier molecular flexibility index (Phi) is 6.18. The maximum absolute atomic E-state index is 12.9. The monoisotopic (exact) mass is 378 g/mol. The molecule has 0 bridgehead atoms. The van der Waals surface area contributed by atoms with Gasteiger partial charge in [-0.05, 0) is 35.1 Å². The van der Waals surface area contributed by atoms with Gasteiger partial charge in [0.05, 0.1) is 6.42 Å². The maximum Gasteiger partial charge on any atom is 0.253 e. The van der Waals surface area contributed by atoms with Crippen molar-refractivity contribution in [2.24, 2.45) is 0 Å². The second-order valence-electron chi connectivity index (χ2n) is 8.52. The van der Waals surface area contributed by atoms with Crippen LogP contribution >= 0.6 is 0 Å². The van der Waals surface area contributed by atoms with E-state index in [2.05, 4.69) is 20.8 Å². The van der Waals surface area contributed by atoms with Gasteiger partial charge in [0.1, 0.15) is 0 Å². The third kappa shape index (κ3) is 5.00. The van der Waals surface area contributed by atoms with Crippen LogP contribution in [0.5, 0.6) is 0 Å². The van der Waals surface area contributed by atoms with Crippen molar-refractivity contribution in [1.82, 2.24) is 9.80 Å². The van der Waals surface area contributed by atoms with E-state index >= 15 is 0 Å². The highest BCUT2D eigenvalue weighted by molar-refractivity contribution is 5.94. The molecular weight excluding hydrogens is 348 g/mol. The van der Waals surface area contributed by atoms with Crippen molar-refractivity contribution < 1.29 is 9.59 Å². The van der Waals surface area contributed by atoms with E-state index in [0.29, 0.717) is 32.6 Å². The average molecular weight is 379 g/mol. The van der Waals surface area contributed by atoms with Gasteiger partial charge in [-0.1, -0.05) is 63.2 Å². The van der Waals surface area contributed by atoms with Gasteiger partial charge in [0.25, 0.3) is 5.91 Å². The van der Waals surface area contributed by atoms with Crippen molar-refractivity contribution in [2.75, 3.05) is 26.2 Å². The summed E-state index contributed by atoms with van der Waals surface area (Å²) in [5, 5.41) is 0. The number of benzene rings is 2. The molecule has 0 aliphatic carbocycles. The molecule has 0 aromatic heterocycles. The standard InChI is InChI=1S/C24H30N2O2/c1-24(2,3)21-12-10-20(11-13-21)23(28)26-15-7-14-25(16-17-26)22(27)18-19-8-5-4-6-9-19/h4-6,8-13H,7,14-18H2,1-3H3. The minimum Gasteiger partial charge on any atom is -0.341 e. The lowest BCUT2D eigenvalue weighted by Crippen LogP contribution is -2.38. The number of nitrogens with zero attached hydrogens (tertiary/aromatic N) is 2. The van der Waals surface area contributed by atoms with Crippen LogP contribution in [-0.2, 0) is 16.6 Å². The van der Waals surface area contributed by atoms with E-state index in [1.54, 1.807) is 0 Å². The first-order chi connectivity index (χ1) is 13.3. The van der Waals surface area contributed by atoms with Gasteiger partial charge in [-0.25, -0.2) is 0 Å². The summed E-state index contributed by atoms with van der Waals surface area (Å²) in [4.78, 5) is 29.3. The molecule has 4 heteroatoms. The van der Waals surface area contributed by atoms with Crippen molar-refractivity contribution in [3.8, 4) is 0 Å². The van der Waals surface area contributed by atoms with Crippen LogP contribution in [0.1, 0.15) is 48.7 Å². The molecule has 4 nitrogen and oxygen atoms in total. The Bertz CT molecular complexity index is 807. The summed E-state index contributed by atoms with van der Waals surface area (Å²) in [6.07, 6.45) is 1.23. The van der Waals surface area contributed by atoms with Gasteiger partial charge in [-0.2, -0.15) is 0 Å². The van der Waals surface area contributed by atoms with Crippen LogP contribution in [0.15, 0.2) is 54.6 Å². The molecule has 1 aliphatic rings. The van der Waals surface area contributed by atoms with Crippen LogP contribution in [-0.4, -0.2) is 47.8 Å². The van der Waals surface area contributed by atoms with Crippen molar-refractivity contribution in [1.29, 1.82) is 0 Å². The molecule has 1 saturated heterocycles. The van der Waals surface area contributed by atoms with Gasteiger partial charge in [-0.3, -0.25) is 9.59 Å². The zero-order valence-corrected chi connectivity index (χ0v) is 17.1. The van der Waals surface area contributed by atoms with Gasteiger partial charge in [0.2, 0.25) is 5.91 Å². The lowest BCUT2D eigenvalue weighted by molar-refractivity contribution is -0.130. The van der Waals surface area contributed by atoms with Crippen molar-refractivity contribution in [3.63, 3.8) is 0 Å². The number of amides is 2. The highest BCUT2D eigenvalue weighted by atomic mass is 16.2. The number of hydrogen-bond donors (Lipinski definition) is 0. The lowest BCUT2D eigenvalue weighted by atomic mass is 9.86. The van der Waals surface area contributed by atoms with Crippen molar-refractivity contribution in [2.45, 2.75) is 39.0 Å². The smallest absolute Gasteiger partial charge is 0.253 e. The Labute approximate surface area is 168 Å². The van der Waals surface area contributed by atoms with Crippen LogP contribution in [0.2, 0.25) is 0 Å². The molecule has 2 aromatic rings. The van der Waals surface area contributed by atoms with Crippen LogP contribution in [0.25, 0.3) is 0 Å². The van der Waals surface area contributed by atoms with E-state index in [1.165, 1.54) is 5.56 Å². The summed E-state index contributed by atoms with van der Waals surface area (Å²) < 4.78 is 0. The fraction of sp³-hybridized carbons (Fsp3) is 0.417. The Balaban J connectivity index is 1.60. The molecule has 0 spiro atoms. The molecule has 1 aliphatic heterocycles. The van der Waals surface area contributed by atoms with Gasteiger partial charge >= 0.3 is 0 Å². The Morgan fingerprint density at radius 2 is 1.43 bits per heavy atom. The topological polar surface area (TPSA) is 40.6 Å². The number of carbonyl (C=O) groups is 2. The quantitative estimate of drug-likeness (QED) is 0.813. The molecule has 0 radical (unpaired) electrons. The molecule has 0 saturated carbocycles. The molecule has 2 amide bonds.